The Morgan fingerprint density at radius 2 is 2.24 bits per heavy atom. The Morgan fingerprint density at radius 3 is 2.76 bits per heavy atom. The normalized spacial score (nSPS) is 15.4. The quantitative estimate of drug-likeness (QED) is 0.424. The number of anilines is 1. The number of carbonyl (C=O) groups excluding carboxylic acids is 1. The fraction of sp³-hybridized carbons (Fsp3) is 0.462. The Bertz CT molecular complexity index is 575. The molecule has 0 bridgehead atoms. The maximum Gasteiger partial charge on any atom is 0.295 e. The smallest absolute Gasteiger partial charge is 0.295 e. The first-order valence-electron chi connectivity index (χ1n) is 6.67. The molecule has 1 aliphatic carbocycles. The van der Waals surface area contributed by atoms with Gasteiger partial charge in [0.25, 0.3) is 11.6 Å². The van der Waals surface area contributed by atoms with E-state index in [1.54, 1.807) is 0 Å². The topological polar surface area (TPSA) is 110 Å². The van der Waals surface area contributed by atoms with Crippen LogP contribution in [0.1, 0.15) is 36.5 Å². The minimum Gasteiger partial charge on any atom is -0.350 e. The molecule has 8 heteroatoms. The van der Waals surface area contributed by atoms with E-state index in [0.717, 1.165) is 6.42 Å². The summed E-state index contributed by atoms with van der Waals surface area (Å²) < 4.78 is 0. The number of nitro benzene ring substituents is 1. The van der Waals surface area contributed by atoms with Gasteiger partial charge in [-0.1, -0.05) is 24.4 Å². The van der Waals surface area contributed by atoms with Gasteiger partial charge < -0.3 is 10.7 Å². The van der Waals surface area contributed by atoms with Crippen LogP contribution >= 0.6 is 11.6 Å². The Morgan fingerprint density at radius 1 is 1.57 bits per heavy atom. The first-order valence-corrected chi connectivity index (χ1v) is 7.05. The van der Waals surface area contributed by atoms with Crippen LogP contribution in [0.2, 0.25) is 5.02 Å². The molecule has 1 aromatic rings. The van der Waals surface area contributed by atoms with Crippen LogP contribution < -0.4 is 16.6 Å². The van der Waals surface area contributed by atoms with Gasteiger partial charge in [0.15, 0.2) is 0 Å². The third-order valence-corrected chi connectivity index (χ3v) is 3.73. The third-order valence-electron chi connectivity index (χ3n) is 3.43. The average molecular weight is 313 g/mol. The number of nitrogens with one attached hydrogen (secondary N) is 2. The second kappa shape index (κ2) is 6.28. The zero-order valence-corrected chi connectivity index (χ0v) is 12.3. The van der Waals surface area contributed by atoms with Gasteiger partial charge in [0.2, 0.25) is 0 Å². The molecular formula is C13H17ClN4O3. The van der Waals surface area contributed by atoms with E-state index in [-0.39, 0.29) is 33.9 Å². The Hall–Kier alpha value is -1.86. The number of halogens is 1. The molecule has 1 amide bonds. The number of nitrogens with zero attached hydrogens (tertiary/aromatic N) is 1. The van der Waals surface area contributed by atoms with Gasteiger partial charge >= 0.3 is 0 Å². The van der Waals surface area contributed by atoms with Gasteiger partial charge in [-0.2, -0.15) is 0 Å². The number of carbonyl (C=O) groups is 1. The molecule has 1 saturated carbocycles. The van der Waals surface area contributed by atoms with Crippen LogP contribution in [-0.2, 0) is 0 Å². The number of nitro groups is 1. The van der Waals surface area contributed by atoms with Crippen LogP contribution in [0, 0.1) is 16.0 Å². The predicted molar refractivity (Wildman–Crippen MR) is 80.2 cm³/mol. The molecule has 114 valence electrons. The molecular weight excluding hydrogens is 296 g/mol. The van der Waals surface area contributed by atoms with Crippen LogP contribution in [0.5, 0.6) is 0 Å². The summed E-state index contributed by atoms with van der Waals surface area (Å²) in [6.45, 7) is 1.92. The number of nitrogen functional groups attached to an aromatic ring is 1. The minimum absolute atomic E-state index is 0.00996. The summed E-state index contributed by atoms with van der Waals surface area (Å²) >= 11 is 5.93. The lowest BCUT2D eigenvalue weighted by Crippen LogP contribution is -2.33. The lowest BCUT2D eigenvalue weighted by molar-refractivity contribution is -0.384. The maximum absolute atomic E-state index is 12.1. The number of nitrogens with two attached hydrogens (primary N) is 1. The Kier molecular flexibility index (Phi) is 4.64. The number of hydrogen-bond acceptors (Lipinski definition) is 5. The molecule has 1 fully saturated rings. The van der Waals surface area contributed by atoms with E-state index in [9.17, 15) is 14.9 Å². The predicted octanol–water partition coefficient (Wildman–Crippen LogP) is 2.45. The fourth-order valence-corrected chi connectivity index (χ4v) is 2.50. The van der Waals surface area contributed by atoms with E-state index < -0.39 is 4.92 Å². The molecule has 2 rings (SSSR count). The van der Waals surface area contributed by atoms with Crippen LogP contribution in [0.3, 0.4) is 0 Å². The number of rotatable bonds is 6. The molecule has 0 saturated heterocycles. The lowest BCUT2D eigenvalue weighted by atomic mass is 10.1. The molecule has 1 atom stereocenters. The molecule has 7 nitrogen and oxygen atoms in total. The first kappa shape index (κ1) is 15.5. The summed E-state index contributed by atoms with van der Waals surface area (Å²) in [5.41, 5.74) is 1.99. The van der Waals surface area contributed by atoms with Crippen molar-refractivity contribution in [3.8, 4) is 0 Å². The van der Waals surface area contributed by atoms with Gasteiger partial charge in [0, 0.05) is 17.7 Å². The standard InChI is InChI=1S/C13H17ClN4O3/c1-7(4-8-2-3-8)16-13(19)9-5-10(14)12(17-15)11(6-9)18(20)21/h5-8,17H,2-4,15H2,1H3,(H,16,19). The van der Waals surface area contributed by atoms with Crippen molar-refractivity contribution >= 4 is 28.9 Å². The fourth-order valence-electron chi connectivity index (χ4n) is 2.23. The van der Waals surface area contributed by atoms with E-state index in [2.05, 4.69) is 10.7 Å². The summed E-state index contributed by atoms with van der Waals surface area (Å²) in [6.07, 6.45) is 3.33. The van der Waals surface area contributed by atoms with Crippen molar-refractivity contribution in [2.24, 2.45) is 11.8 Å². The lowest BCUT2D eigenvalue weighted by Gasteiger charge is -2.14. The van der Waals surface area contributed by atoms with Gasteiger partial charge in [-0.25, -0.2) is 0 Å². The molecule has 1 aliphatic rings. The van der Waals surface area contributed by atoms with Gasteiger partial charge in [-0.05, 0) is 25.3 Å². The highest BCUT2D eigenvalue weighted by molar-refractivity contribution is 6.34. The largest absolute Gasteiger partial charge is 0.350 e. The highest BCUT2D eigenvalue weighted by atomic mass is 35.5. The SMILES string of the molecule is CC(CC1CC1)NC(=O)c1cc(Cl)c(NN)c([N+](=O)[O-])c1. The van der Waals surface area contributed by atoms with E-state index in [4.69, 9.17) is 17.4 Å². The van der Waals surface area contributed by atoms with Crippen molar-refractivity contribution in [1.82, 2.24) is 5.32 Å². The molecule has 0 aromatic heterocycles. The molecule has 0 aliphatic heterocycles. The van der Waals surface area contributed by atoms with Crippen LogP contribution in [0.15, 0.2) is 12.1 Å². The minimum atomic E-state index is -0.633. The van der Waals surface area contributed by atoms with E-state index >= 15 is 0 Å². The van der Waals surface area contributed by atoms with Crippen LogP contribution in [0.25, 0.3) is 0 Å². The molecule has 0 heterocycles. The number of hydrazine groups is 1. The average Bonchev–Trinajstić information content (AvgIpc) is 3.21. The molecule has 0 spiro atoms. The van der Waals surface area contributed by atoms with Crippen molar-refractivity contribution in [1.29, 1.82) is 0 Å². The number of benzene rings is 1. The summed E-state index contributed by atoms with van der Waals surface area (Å²) in [5.74, 6) is 5.52. The van der Waals surface area contributed by atoms with E-state index in [1.807, 2.05) is 6.92 Å². The Balaban J connectivity index is 2.18. The molecule has 1 unspecified atom stereocenters. The van der Waals surface area contributed by atoms with Gasteiger partial charge in [-0.15, -0.1) is 0 Å². The summed E-state index contributed by atoms with van der Waals surface area (Å²) in [5, 5.41) is 13.9. The van der Waals surface area contributed by atoms with Gasteiger partial charge in [0.1, 0.15) is 5.69 Å². The summed E-state index contributed by atoms with van der Waals surface area (Å²) in [6, 6.07) is 2.55. The second-order valence-corrected chi connectivity index (χ2v) is 5.71. The van der Waals surface area contributed by atoms with Crippen molar-refractivity contribution in [3.63, 3.8) is 0 Å². The molecule has 1 aromatic carbocycles. The Labute approximate surface area is 127 Å². The van der Waals surface area contributed by atoms with Crippen molar-refractivity contribution in [3.05, 3.63) is 32.8 Å². The third kappa shape index (κ3) is 3.83. The van der Waals surface area contributed by atoms with E-state index in [0.29, 0.717) is 5.92 Å². The maximum atomic E-state index is 12.1. The molecule has 0 radical (unpaired) electrons. The number of hydrogen-bond donors (Lipinski definition) is 3. The van der Waals surface area contributed by atoms with Crippen molar-refractivity contribution in [2.45, 2.75) is 32.2 Å². The zero-order chi connectivity index (χ0) is 15.6. The molecule has 4 N–H and O–H groups in total. The number of amides is 1. The second-order valence-electron chi connectivity index (χ2n) is 5.31. The summed E-state index contributed by atoms with van der Waals surface area (Å²) in [4.78, 5) is 22.5. The van der Waals surface area contributed by atoms with Gasteiger partial charge in [-0.3, -0.25) is 20.8 Å². The van der Waals surface area contributed by atoms with Crippen LogP contribution in [-0.4, -0.2) is 16.9 Å². The van der Waals surface area contributed by atoms with Crippen LogP contribution in [0.4, 0.5) is 11.4 Å². The van der Waals surface area contributed by atoms with Crippen molar-refractivity contribution < 1.29 is 9.72 Å². The van der Waals surface area contributed by atoms with Crippen molar-refractivity contribution in [2.75, 3.05) is 5.43 Å². The highest BCUT2D eigenvalue weighted by Crippen LogP contribution is 2.34. The zero-order valence-electron chi connectivity index (χ0n) is 11.6. The van der Waals surface area contributed by atoms with E-state index in [1.165, 1.54) is 25.0 Å². The monoisotopic (exact) mass is 312 g/mol. The first-order chi connectivity index (χ1) is 9.92. The molecule has 21 heavy (non-hydrogen) atoms. The summed E-state index contributed by atoms with van der Waals surface area (Å²) in [7, 11) is 0. The van der Waals surface area contributed by atoms with Gasteiger partial charge in [0.05, 0.1) is 9.95 Å². The highest BCUT2D eigenvalue weighted by Gasteiger charge is 2.25.